The Kier molecular flexibility index (Phi) is 6.86. The third kappa shape index (κ3) is 5.10. The molecule has 0 bridgehead atoms. The van der Waals surface area contributed by atoms with Gasteiger partial charge in [-0.2, -0.15) is 0 Å². The molecule has 1 atom stereocenters. The molecule has 0 aliphatic carbocycles. The Balaban J connectivity index is 1.35. The van der Waals surface area contributed by atoms with Crippen LogP contribution in [0.25, 0.3) is 5.69 Å². The number of aryl methyl sites for hydroxylation is 1. The van der Waals surface area contributed by atoms with Crippen LogP contribution in [0.1, 0.15) is 29.4 Å². The third-order valence-electron chi connectivity index (χ3n) is 6.24. The van der Waals surface area contributed by atoms with Crippen LogP contribution in [-0.2, 0) is 24.4 Å². The second kappa shape index (κ2) is 10.4. The lowest BCUT2D eigenvalue weighted by atomic mass is 10.00. The van der Waals surface area contributed by atoms with Crippen molar-refractivity contribution in [2.75, 3.05) is 6.54 Å². The Bertz CT molecular complexity index is 1320. The molecule has 5 rings (SSSR count). The van der Waals surface area contributed by atoms with E-state index in [1.54, 1.807) is 0 Å². The van der Waals surface area contributed by atoms with Gasteiger partial charge in [0.05, 0.1) is 5.25 Å². The number of aromatic nitrogens is 3. The predicted octanol–water partition coefficient (Wildman–Crippen LogP) is 5.22. The first-order chi connectivity index (χ1) is 17.1. The van der Waals surface area contributed by atoms with Crippen molar-refractivity contribution in [2.24, 2.45) is 0 Å². The number of rotatable bonds is 7. The highest BCUT2D eigenvalue weighted by molar-refractivity contribution is 8.00. The normalized spacial score (nSPS) is 13.8. The summed E-state index contributed by atoms with van der Waals surface area (Å²) in [4.78, 5) is 15.3. The van der Waals surface area contributed by atoms with Gasteiger partial charge in [-0.25, -0.2) is 0 Å². The first kappa shape index (κ1) is 23.2. The summed E-state index contributed by atoms with van der Waals surface area (Å²) in [6, 6.07) is 26.2. The van der Waals surface area contributed by atoms with E-state index < -0.39 is 0 Å². The number of carbonyl (C=O) groups excluding carboxylic acids is 1. The Morgan fingerprint density at radius 2 is 1.69 bits per heavy atom. The van der Waals surface area contributed by atoms with Crippen LogP contribution in [0.15, 0.2) is 84.0 Å². The summed E-state index contributed by atoms with van der Waals surface area (Å²) in [5.74, 6) is 1.62. The predicted molar refractivity (Wildman–Crippen MR) is 138 cm³/mol. The largest absolute Gasteiger partial charge is 0.485 e. The van der Waals surface area contributed by atoms with E-state index in [0.717, 1.165) is 30.0 Å². The quantitative estimate of drug-likeness (QED) is 0.337. The van der Waals surface area contributed by atoms with Crippen LogP contribution < -0.4 is 4.74 Å². The number of benzene rings is 3. The first-order valence-electron chi connectivity index (χ1n) is 11.8. The van der Waals surface area contributed by atoms with Crippen molar-refractivity contribution in [3.05, 3.63) is 101 Å². The summed E-state index contributed by atoms with van der Waals surface area (Å²) in [5, 5.41) is 9.27. The zero-order valence-electron chi connectivity index (χ0n) is 19.9. The molecule has 1 amide bonds. The average Bonchev–Trinajstić information content (AvgIpc) is 3.30. The first-order valence-corrected chi connectivity index (χ1v) is 12.7. The van der Waals surface area contributed by atoms with Crippen LogP contribution >= 0.6 is 11.8 Å². The van der Waals surface area contributed by atoms with E-state index in [2.05, 4.69) is 28.4 Å². The molecule has 1 unspecified atom stereocenters. The van der Waals surface area contributed by atoms with Gasteiger partial charge in [-0.05, 0) is 55.2 Å². The molecule has 6 nitrogen and oxygen atoms in total. The van der Waals surface area contributed by atoms with Gasteiger partial charge in [0.15, 0.2) is 11.0 Å². The smallest absolute Gasteiger partial charge is 0.236 e. The number of nitrogens with zero attached hydrogens (tertiary/aromatic N) is 4. The number of carbonyl (C=O) groups is 1. The van der Waals surface area contributed by atoms with Crippen molar-refractivity contribution >= 4 is 17.7 Å². The molecule has 7 heteroatoms. The van der Waals surface area contributed by atoms with Gasteiger partial charge in [0.25, 0.3) is 0 Å². The topological polar surface area (TPSA) is 60.3 Å². The number of fused-ring (bicyclic) bond motifs is 1. The summed E-state index contributed by atoms with van der Waals surface area (Å²) < 4.78 is 8.06. The van der Waals surface area contributed by atoms with Gasteiger partial charge in [0.2, 0.25) is 5.91 Å². The van der Waals surface area contributed by atoms with E-state index in [0.29, 0.717) is 17.5 Å². The summed E-state index contributed by atoms with van der Waals surface area (Å²) >= 11 is 1.44. The van der Waals surface area contributed by atoms with Crippen LogP contribution in [0.2, 0.25) is 0 Å². The van der Waals surface area contributed by atoms with Crippen LogP contribution in [0, 0.1) is 6.92 Å². The molecule has 3 aromatic carbocycles. The molecule has 0 radical (unpaired) electrons. The fraction of sp³-hybridized carbons (Fsp3) is 0.250. The molecule has 0 spiro atoms. The monoisotopic (exact) mass is 484 g/mol. The minimum Gasteiger partial charge on any atom is -0.485 e. The van der Waals surface area contributed by atoms with Gasteiger partial charge >= 0.3 is 0 Å². The average molecular weight is 485 g/mol. The number of thioether (sulfide) groups is 1. The van der Waals surface area contributed by atoms with Gasteiger partial charge < -0.3 is 9.64 Å². The van der Waals surface area contributed by atoms with E-state index >= 15 is 0 Å². The number of hydrogen-bond donors (Lipinski definition) is 0. The van der Waals surface area contributed by atoms with Gasteiger partial charge in [-0.3, -0.25) is 9.36 Å². The lowest BCUT2D eigenvalue weighted by molar-refractivity contribution is -0.131. The Hall–Kier alpha value is -3.58. The SMILES string of the molecule is Cc1ccccc1OCc1nnc(SC(C)C(=O)N2CCc3ccccc3C2)n1-c1ccccc1. The molecule has 1 aliphatic heterocycles. The van der Waals surface area contributed by atoms with Crippen LogP contribution in [0.3, 0.4) is 0 Å². The molecule has 178 valence electrons. The molecule has 0 saturated carbocycles. The van der Waals surface area contributed by atoms with Gasteiger partial charge in [-0.15, -0.1) is 10.2 Å². The van der Waals surface area contributed by atoms with Crippen molar-refractivity contribution in [3.63, 3.8) is 0 Å². The Morgan fingerprint density at radius 1 is 0.971 bits per heavy atom. The zero-order chi connectivity index (χ0) is 24.2. The summed E-state index contributed by atoms with van der Waals surface area (Å²) in [5.41, 5.74) is 4.57. The molecular formula is C28H28N4O2S. The number of amides is 1. The van der Waals surface area contributed by atoms with Crippen LogP contribution in [0.4, 0.5) is 0 Å². The molecular weight excluding hydrogens is 456 g/mol. The lowest BCUT2D eigenvalue weighted by Gasteiger charge is -2.30. The zero-order valence-corrected chi connectivity index (χ0v) is 20.7. The maximum absolute atomic E-state index is 13.3. The number of ether oxygens (including phenoxy) is 1. The molecule has 35 heavy (non-hydrogen) atoms. The number of para-hydroxylation sites is 2. The molecule has 0 saturated heterocycles. The second-order valence-corrected chi connectivity index (χ2v) is 9.97. The van der Waals surface area contributed by atoms with Crippen LogP contribution in [0.5, 0.6) is 5.75 Å². The van der Waals surface area contributed by atoms with Crippen LogP contribution in [-0.4, -0.2) is 37.4 Å². The molecule has 1 aliphatic rings. The van der Waals surface area contributed by atoms with Crippen molar-refractivity contribution in [1.29, 1.82) is 0 Å². The van der Waals surface area contributed by atoms with Gasteiger partial charge in [0, 0.05) is 18.8 Å². The highest BCUT2D eigenvalue weighted by Crippen LogP contribution is 2.29. The van der Waals surface area contributed by atoms with E-state index in [9.17, 15) is 4.79 Å². The van der Waals surface area contributed by atoms with Crippen molar-refractivity contribution in [1.82, 2.24) is 19.7 Å². The maximum Gasteiger partial charge on any atom is 0.236 e. The van der Waals surface area contributed by atoms with Crippen molar-refractivity contribution < 1.29 is 9.53 Å². The van der Waals surface area contributed by atoms with E-state index in [4.69, 9.17) is 4.74 Å². The number of hydrogen-bond acceptors (Lipinski definition) is 5. The minimum atomic E-state index is -0.294. The highest BCUT2D eigenvalue weighted by Gasteiger charge is 2.27. The van der Waals surface area contributed by atoms with Crippen molar-refractivity contribution in [2.45, 2.75) is 43.8 Å². The fourth-order valence-electron chi connectivity index (χ4n) is 4.32. The van der Waals surface area contributed by atoms with Gasteiger partial charge in [-0.1, -0.05) is 72.4 Å². The molecule has 2 heterocycles. The standard InChI is InChI=1S/C28H28N4O2S/c1-20-10-6-9-15-25(20)34-19-26-29-30-28(32(26)24-13-4-3-5-14-24)35-21(2)27(33)31-17-16-22-11-7-8-12-23(22)18-31/h3-15,21H,16-19H2,1-2H3. The molecule has 4 aromatic rings. The summed E-state index contributed by atoms with van der Waals surface area (Å²) in [6.45, 7) is 5.63. The highest BCUT2D eigenvalue weighted by atomic mass is 32.2. The minimum absolute atomic E-state index is 0.116. The van der Waals surface area contributed by atoms with E-state index in [1.807, 2.05) is 84.0 Å². The maximum atomic E-state index is 13.3. The summed E-state index contributed by atoms with van der Waals surface area (Å²) in [6.07, 6.45) is 0.889. The molecule has 1 aromatic heterocycles. The van der Waals surface area contributed by atoms with E-state index in [1.165, 1.54) is 22.9 Å². The Morgan fingerprint density at radius 3 is 2.49 bits per heavy atom. The Labute approximate surface area is 210 Å². The summed E-state index contributed by atoms with van der Waals surface area (Å²) in [7, 11) is 0. The van der Waals surface area contributed by atoms with Gasteiger partial charge in [0.1, 0.15) is 12.4 Å². The second-order valence-electron chi connectivity index (χ2n) is 8.66. The third-order valence-corrected chi connectivity index (χ3v) is 7.27. The van der Waals surface area contributed by atoms with Crippen molar-refractivity contribution in [3.8, 4) is 11.4 Å². The van der Waals surface area contributed by atoms with E-state index in [-0.39, 0.29) is 17.8 Å². The molecule has 0 fully saturated rings. The fourth-order valence-corrected chi connectivity index (χ4v) is 5.29. The molecule has 0 N–H and O–H groups in total. The lowest BCUT2D eigenvalue weighted by Crippen LogP contribution is -2.40.